The van der Waals surface area contributed by atoms with Gasteiger partial charge in [0.05, 0.1) is 19.3 Å². The van der Waals surface area contributed by atoms with Gasteiger partial charge in [-0.25, -0.2) is 4.99 Å². The summed E-state index contributed by atoms with van der Waals surface area (Å²) < 4.78 is 5.64. The number of rotatable bonds is 7. The maximum Gasteiger partial charge on any atom is 0.191 e. The van der Waals surface area contributed by atoms with Gasteiger partial charge in [-0.2, -0.15) is 0 Å². The van der Waals surface area contributed by atoms with Gasteiger partial charge in [-0.3, -0.25) is 0 Å². The number of nitrogens with one attached hydrogen (secondary N) is 2. The number of halogens is 1. The molecule has 1 aromatic carbocycles. The second kappa shape index (κ2) is 11.5. The van der Waals surface area contributed by atoms with E-state index in [1.807, 2.05) is 31.2 Å². The highest BCUT2D eigenvalue weighted by atomic mass is 127. The minimum atomic E-state index is -0.177. The zero-order valence-corrected chi connectivity index (χ0v) is 17.0. The molecule has 5 nitrogen and oxygen atoms in total. The van der Waals surface area contributed by atoms with Gasteiger partial charge < -0.3 is 20.5 Å². The number of aliphatic hydroxyl groups is 1. The van der Waals surface area contributed by atoms with Crippen LogP contribution in [0.5, 0.6) is 5.75 Å². The Hall–Kier alpha value is -1.02. The zero-order chi connectivity index (χ0) is 16.5. The van der Waals surface area contributed by atoms with Crippen LogP contribution in [0.3, 0.4) is 0 Å². The number of ether oxygens (including phenoxy) is 1. The van der Waals surface area contributed by atoms with E-state index in [4.69, 9.17) is 4.74 Å². The van der Waals surface area contributed by atoms with Crippen LogP contribution in [0.25, 0.3) is 0 Å². The Kier molecular flexibility index (Phi) is 10.1. The Morgan fingerprint density at radius 1 is 1.25 bits per heavy atom. The molecule has 2 unspecified atom stereocenters. The average molecular weight is 447 g/mol. The van der Waals surface area contributed by atoms with Crippen molar-refractivity contribution in [3.63, 3.8) is 0 Å². The summed E-state index contributed by atoms with van der Waals surface area (Å²) in [5, 5.41) is 16.5. The van der Waals surface area contributed by atoms with Crippen molar-refractivity contribution in [1.29, 1.82) is 0 Å². The van der Waals surface area contributed by atoms with Crippen LogP contribution < -0.4 is 15.4 Å². The first-order chi connectivity index (χ1) is 11.2. The summed E-state index contributed by atoms with van der Waals surface area (Å²) >= 11 is 0. The third-order valence-corrected chi connectivity index (χ3v) is 4.17. The Morgan fingerprint density at radius 3 is 2.71 bits per heavy atom. The van der Waals surface area contributed by atoms with Crippen LogP contribution in [0.15, 0.2) is 29.3 Å². The summed E-state index contributed by atoms with van der Waals surface area (Å²) in [7, 11) is 0. The number of nitrogens with zero attached hydrogens (tertiary/aromatic N) is 1. The van der Waals surface area contributed by atoms with Crippen LogP contribution in [0.2, 0.25) is 0 Å². The molecular formula is C18H30IN3O2. The molecule has 0 saturated heterocycles. The Bertz CT molecular complexity index is 511. The summed E-state index contributed by atoms with van der Waals surface area (Å²) in [6.45, 7) is 6.83. The lowest BCUT2D eigenvalue weighted by molar-refractivity contribution is 0.134. The van der Waals surface area contributed by atoms with Gasteiger partial charge in [-0.1, -0.05) is 24.6 Å². The molecule has 0 aromatic heterocycles. The molecule has 1 fully saturated rings. The lowest BCUT2D eigenvalue weighted by Gasteiger charge is -2.18. The smallest absolute Gasteiger partial charge is 0.191 e. The zero-order valence-electron chi connectivity index (χ0n) is 14.6. The summed E-state index contributed by atoms with van der Waals surface area (Å²) in [4.78, 5) is 4.65. The van der Waals surface area contributed by atoms with Crippen LogP contribution in [0, 0.1) is 5.92 Å². The van der Waals surface area contributed by atoms with E-state index in [1.165, 1.54) is 0 Å². The number of guanidine groups is 1. The molecular weight excluding hydrogens is 417 g/mol. The fourth-order valence-electron chi connectivity index (χ4n) is 2.92. The Balaban J connectivity index is 0.00000288. The van der Waals surface area contributed by atoms with Crippen LogP contribution in [-0.4, -0.2) is 36.9 Å². The standard InChI is InChI=1S/C18H29N3O2.HI/c1-3-19-18(20-12-14-9-7-10-16(14)22)21-13-15-8-5-6-11-17(15)23-4-2;/h5-6,8,11,14,16,22H,3-4,7,9-10,12-13H2,1-2H3,(H2,19,20,21);1H. The number of benzene rings is 1. The van der Waals surface area contributed by atoms with E-state index in [2.05, 4.69) is 22.5 Å². The molecule has 0 bridgehead atoms. The molecule has 0 heterocycles. The van der Waals surface area contributed by atoms with Gasteiger partial charge in [-0.05, 0) is 32.8 Å². The monoisotopic (exact) mass is 447 g/mol. The summed E-state index contributed by atoms with van der Waals surface area (Å²) in [6.07, 6.45) is 2.94. The highest BCUT2D eigenvalue weighted by Gasteiger charge is 2.24. The predicted molar refractivity (Wildman–Crippen MR) is 109 cm³/mol. The fraction of sp³-hybridized carbons (Fsp3) is 0.611. The molecule has 1 aliphatic carbocycles. The van der Waals surface area contributed by atoms with Crippen molar-refractivity contribution in [2.24, 2.45) is 10.9 Å². The number of hydrogen-bond acceptors (Lipinski definition) is 3. The van der Waals surface area contributed by atoms with Gasteiger partial charge in [0.15, 0.2) is 5.96 Å². The van der Waals surface area contributed by atoms with Gasteiger partial charge >= 0.3 is 0 Å². The second-order valence-electron chi connectivity index (χ2n) is 5.88. The first-order valence-electron chi connectivity index (χ1n) is 8.65. The summed E-state index contributed by atoms with van der Waals surface area (Å²) in [5.41, 5.74) is 1.08. The highest BCUT2D eigenvalue weighted by Crippen LogP contribution is 2.24. The van der Waals surface area contributed by atoms with Crippen molar-refractivity contribution in [2.75, 3.05) is 19.7 Å². The minimum Gasteiger partial charge on any atom is -0.494 e. The van der Waals surface area contributed by atoms with Gasteiger partial charge in [0.2, 0.25) is 0 Å². The number of hydrogen-bond donors (Lipinski definition) is 3. The third kappa shape index (κ3) is 6.47. The van der Waals surface area contributed by atoms with Crippen LogP contribution in [0.4, 0.5) is 0 Å². The lowest BCUT2D eigenvalue weighted by atomic mass is 10.1. The second-order valence-corrected chi connectivity index (χ2v) is 5.88. The Labute approximate surface area is 162 Å². The minimum absolute atomic E-state index is 0. The van der Waals surface area contributed by atoms with E-state index in [-0.39, 0.29) is 30.1 Å². The van der Waals surface area contributed by atoms with Gasteiger partial charge in [0.1, 0.15) is 5.75 Å². The molecule has 2 rings (SSSR count). The van der Waals surface area contributed by atoms with E-state index in [9.17, 15) is 5.11 Å². The first kappa shape index (κ1) is 21.0. The molecule has 0 radical (unpaired) electrons. The molecule has 6 heteroatoms. The summed E-state index contributed by atoms with van der Waals surface area (Å²) in [6, 6.07) is 7.99. The molecule has 3 N–H and O–H groups in total. The lowest BCUT2D eigenvalue weighted by Crippen LogP contribution is -2.41. The Morgan fingerprint density at radius 2 is 2.04 bits per heavy atom. The SMILES string of the molecule is CCNC(=NCc1ccccc1OCC)NCC1CCCC1O.I. The normalized spacial score (nSPS) is 20.4. The molecule has 136 valence electrons. The molecule has 2 atom stereocenters. The van der Waals surface area contributed by atoms with Crippen molar-refractivity contribution in [1.82, 2.24) is 10.6 Å². The van der Waals surface area contributed by atoms with Crippen LogP contribution in [-0.2, 0) is 6.54 Å². The predicted octanol–water partition coefficient (Wildman–Crippen LogP) is 2.92. The maximum absolute atomic E-state index is 9.92. The van der Waals surface area contributed by atoms with Crippen LogP contribution in [0.1, 0.15) is 38.7 Å². The molecule has 1 aliphatic rings. The van der Waals surface area contributed by atoms with Crippen molar-refractivity contribution in [3.8, 4) is 5.75 Å². The third-order valence-electron chi connectivity index (χ3n) is 4.17. The maximum atomic E-state index is 9.92. The quantitative estimate of drug-likeness (QED) is 0.342. The molecule has 1 saturated carbocycles. The fourth-order valence-corrected chi connectivity index (χ4v) is 2.92. The number of aliphatic imine (C=N–C) groups is 1. The van der Waals surface area contributed by atoms with Crippen molar-refractivity contribution in [2.45, 2.75) is 45.8 Å². The highest BCUT2D eigenvalue weighted by molar-refractivity contribution is 14.0. The number of aliphatic hydroxyl groups excluding tert-OH is 1. The van der Waals surface area contributed by atoms with Crippen LogP contribution >= 0.6 is 24.0 Å². The summed E-state index contributed by atoms with van der Waals surface area (Å²) in [5.74, 6) is 2.01. The average Bonchev–Trinajstić information content (AvgIpc) is 2.97. The van der Waals surface area contributed by atoms with E-state index >= 15 is 0 Å². The van der Waals surface area contributed by atoms with E-state index < -0.39 is 0 Å². The topological polar surface area (TPSA) is 65.9 Å². The van der Waals surface area contributed by atoms with Crippen molar-refractivity contribution < 1.29 is 9.84 Å². The van der Waals surface area contributed by atoms with Gasteiger partial charge in [-0.15, -0.1) is 24.0 Å². The van der Waals surface area contributed by atoms with E-state index in [1.54, 1.807) is 0 Å². The molecule has 0 aliphatic heterocycles. The first-order valence-corrected chi connectivity index (χ1v) is 8.65. The van der Waals surface area contributed by atoms with E-state index in [0.29, 0.717) is 19.1 Å². The molecule has 1 aromatic rings. The molecule has 24 heavy (non-hydrogen) atoms. The van der Waals surface area contributed by atoms with Crippen molar-refractivity contribution in [3.05, 3.63) is 29.8 Å². The van der Waals surface area contributed by atoms with Crippen molar-refractivity contribution >= 4 is 29.9 Å². The van der Waals surface area contributed by atoms with Gasteiger partial charge in [0, 0.05) is 24.6 Å². The molecule has 0 amide bonds. The largest absolute Gasteiger partial charge is 0.494 e. The molecule has 0 spiro atoms. The van der Waals surface area contributed by atoms with Gasteiger partial charge in [0.25, 0.3) is 0 Å². The van der Waals surface area contributed by atoms with E-state index in [0.717, 1.165) is 49.6 Å². The number of para-hydroxylation sites is 1.